The monoisotopic (exact) mass is 396 g/mol. The number of carbonyl (C=O) groups excluding carboxylic acids is 1. The minimum Gasteiger partial charge on any atom is -0.497 e. The zero-order chi connectivity index (χ0) is 20.1. The molecule has 156 valence electrons. The summed E-state index contributed by atoms with van der Waals surface area (Å²) in [7, 11) is 1.69. The van der Waals surface area contributed by atoms with Crippen molar-refractivity contribution in [3.8, 4) is 5.75 Å². The van der Waals surface area contributed by atoms with Crippen molar-refractivity contribution in [2.24, 2.45) is 0 Å². The summed E-state index contributed by atoms with van der Waals surface area (Å²) in [6.45, 7) is 2.64. The summed E-state index contributed by atoms with van der Waals surface area (Å²) in [6.07, 6.45) is 10.1. The second-order valence-corrected chi connectivity index (χ2v) is 8.43. The van der Waals surface area contributed by atoms with Crippen LogP contribution in [0.1, 0.15) is 67.0 Å². The van der Waals surface area contributed by atoms with Gasteiger partial charge in [-0.15, -0.1) is 0 Å². The lowest BCUT2D eigenvalue weighted by molar-refractivity contribution is 0.0930. The first-order valence-corrected chi connectivity index (χ1v) is 10.9. The highest BCUT2D eigenvalue weighted by Gasteiger charge is 2.34. The van der Waals surface area contributed by atoms with E-state index < -0.39 is 0 Å². The molecule has 6 heteroatoms. The molecule has 2 aliphatic rings. The maximum atomic E-state index is 12.8. The van der Waals surface area contributed by atoms with E-state index in [2.05, 4.69) is 27.9 Å². The number of methoxy groups -OCH3 is 1. The number of hydrogen-bond acceptors (Lipinski definition) is 4. The Morgan fingerprint density at radius 1 is 1.21 bits per heavy atom. The van der Waals surface area contributed by atoms with Crippen molar-refractivity contribution >= 4 is 5.91 Å². The molecular formula is C23H32N4O2. The van der Waals surface area contributed by atoms with E-state index in [9.17, 15) is 4.79 Å². The Kier molecular flexibility index (Phi) is 6.19. The van der Waals surface area contributed by atoms with Gasteiger partial charge in [-0.3, -0.25) is 9.48 Å². The molecule has 1 aliphatic heterocycles. The number of ether oxygens (including phenoxy) is 1. The van der Waals surface area contributed by atoms with E-state index in [1.165, 1.54) is 24.8 Å². The highest BCUT2D eigenvalue weighted by Crippen LogP contribution is 2.39. The first-order valence-electron chi connectivity index (χ1n) is 10.9. The maximum Gasteiger partial charge on any atom is 0.271 e. The van der Waals surface area contributed by atoms with Gasteiger partial charge < -0.3 is 15.4 Å². The topological polar surface area (TPSA) is 68.2 Å². The molecule has 1 atom stereocenters. The lowest BCUT2D eigenvalue weighted by atomic mass is 9.69. The highest BCUT2D eigenvalue weighted by molar-refractivity contribution is 5.92. The number of nitrogens with zero attached hydrogens (tertiary/aromatic N) is 2. The molecule has 1 aromatic carbocycles. The van der Waals surface area contributed by atoms with Crippen LogP contribution >= 0.6 is 0 Å². The van der Waals surface area contributed by atoms with Crippen LogP contribution in [0.4, 0.5) is 0 Å². The molecule has 2 aromatic rings. The number of benzene rings is 1. The lowest BCUT2D eigenvalue weighted by Gasteiger charge is -2.38. The Labute approximate surface area is 173 Å². The van der Waals surface area contributed by atoms with Crippen LogP contribution in [0.15, 0.2) is 36.5 Å². The SMILES string of the molecule is COc1ccc(C2(CNC(=O)c3ccn(C4CCCNC4)n3)CCCCC2)cc1. The average Bonchev–Trinajstić information content (AvgIpc) is 3.29. The number of aromatic nitrogens is 2. The van der Waals surface area contributed by atoms with Crippen LogP contribution in [-0.2, 0) is 5.41 Å². The summed E-state index contributed by atoms with van der Waals surface area (Å²) in [5.74, 6) is 0.789. The lowest BCUT2D eigenvalue weighted by Crippen LogP contribution is -2.42. The molecule has 6 nitrogen and oxygen atoms in total. The quantitative estimate of drug-likeness (QED) is 0.785. The molecule has 0 bridgehead atoms. The molecular weight excluding hydrogens is 364 g/mol. The van der Waals surface area contributed by atoms with Crippen LogP contribution in [0.5, 0.6) is 5.75 Å². The number of nitrogens with one attached hydrogen (secondary N) is 2. The minimum absolute atomic E-state index is 0.00393. The largest absolute Gasteiger partial charge is 0.497 e. The summed E-state index contributed by atoms with van der Waals surface area (Å²) in [5, 5.41) is 11.2. The van der Waals surface area contributed by atoms with Gasteiger partial charge in [-0.2, -0.15) is 5.10 Å². The fourth-order valence-corrected chi connectivity index (χ4v) is 4.80. The van der Waals surface area contributed by atoms with Gasteiger partial charge in [0.2, 0.25) is 0 Å². The number of piperidine rings is 1. The molecule has 29 heavy (non-hydrogen) atoms. The summed E-state index contributed by atoms with van der Waals surface area (Å²) in [5.41, 5.74) is 1.80. The van der Waals surface area contributed by atoms with E-state index in [0.29, 0.717) is 18.3 Å². The van der Waals surface area contributed by atoms with Gasteiger partial charge in [-0.05, 0) is 56.0 Å². The molecule has 0 spiro atoms. The van der Waals surface area contributed by atoms with Crippen molar-refractivity contribution in [2.75, 3.05) is 26.7 Å². The molecule has 4 rings (SSSR count). The van der Waals surface area contributed by atoms with E-state index in [-0.39, 0.29) is 11.3 Å². The number of hydrogen-bond donors (Lipinski definition) is 2. The predicted molar refractivity (Wildman–Crippen MR) is 113 cm³/mol. The second kappa shape index (κ2) is 8.99. The first kappa shape index (κ1) is 20.0. The van der Waals surface area contributed by atoms with Gasteiger partial charge >= 0.3 is 0 Å². The fraction of sp³-hybridized carbons (Fsp3) is 0.565. The molecule has 2 fully saturated rings. The van der Waals surface area contributed by atoms with E-state index in [1.54, 1.807) is 7.11 Å². The summed E-state index contributed by atoms with van der Waals surface area (Å²) < 4.78 is 7.26. The number of rotatable bonds is 6. The van der Waals surface area contributed by atoms with Gasteiger partial charge in [-0.1, -0.05) is 31.4 Å². The summed E-state index contributed by atoms with van der Waals surface area (Å²) in [6, 6.07) is 10.5. The molecule has 2 N–H and O–H groups in total. The molecule has 1 aliphatic carbocycles. The maximum absolute atomic E-state index is 12.8. The van der Waals surface area contributed by atoms with Crippen molar-refractivity contribution in [2.45, 2.75) is 56.4 Å². The predicted octanol–water partition coefficient (Wildman–Crippen LogP) is 3.45. The standard InChI is InChI=1S/C23H32N4O2/c1-29-20-9-7-18(8-10-20)23(12-3-2-4-13-23)17-25-22(28)21-11-15-27(26-21)19-6-5-14-24-16-19/h7-11,15,19,24H,2-6,12-14,16-17H2,1H3,(H,25,28). The Morgan fingerprint density at radius 2 is 2.00 bits per heavy atom. The third-order valence-electron chi connectivity index (χ3n) is 6.59. The van der Waals surface area contributed by atoms with Gasteiger partial charge in [0, 0.05) is 24.7 Å². The van der Waals surface area contributed by atoms with Crippen LogP contribution in [-0.4, -0.2) is 42.4 Å². The fourth-order valence-electron chi connectivity index (χ4n) is 4.80. The zero-order valence-corrected chi connectivity index (χ0v) is 17.3. The Balaban J connectivity index is 1.44. The van der Waals surface area contributed by atoms with Crippen molar-refractivity contribution in [1.29, 1.82) is 0 Å². The van der Waals surface area contributed by atoms with Crippen molar-refractivity contribution in [1.82, 2.24) is 20.4 Å². The van der Waals surface area contributed by atoms with Crippen LogP contribution < -0.4 is 15.4 Å². The Hall–Kier alpha value is -2.34. The first-order chi connectivity index (χ1) is 14.2. The second-order valence-electron chi connectivity index (χ2n) is 8.43. The van der Waals surface area contributed by atoms with Crippen LogP contribution in [0.25, 0.3) is 0 Å². The van der Waals surface area contributed by atoms with Crippen molar-refractivity contribution < 1.29 is 9.53 Å². The molecule has 1 amide bonds. The van der Waals surface area contributed by atoms with Crippen molar-refractivity contribution in [3.63, 3.8) is 0 Å². The third kappa shape index (κ3) is 4.47. The van der Waals surface area contributed by atoms with E-state index in [0.717, 1.165) is 44.5 Å². The van der Waals surface area contributed by atoms with Crippen LogP contribution in [0.2, 0.25) is 0 Å². The molecule has 0 radical (unpaired) electrons. The van der Waals surface area contributed by atoms with Gasteiger partial charge in [-0.25, -0.2) is 0 Å². The van der Waals surface area contributed by atoms with Crippen molar-refractivity contribution in [3.05, 3.63) is 47.8 Å². The third-order valence-corrected chi connectivity index (χ3v) is 6.59. The molecule has 1 aromatic heterocycles. The minimum atomic E-state index is -0.0778. The number of carbonyl (C=O) groups is 1. The smallest absolute Gasteiger partial charge is 0.271 e. The van der Waals surface area contributed by atoms with Crippen LogP contribution in [0.3, 0.4) is 0 Å². The zero-order valence-electron chi connectivity index (χ0n) is 17.3. The van der Waals surface area contributed by atoms with E-state index >= 15 is 0 Å². The number of amides is 1. The normalized spacial score (nSPS) is 21.5. The van der Waals surface area contributed by atoms with E-state index in [1.807, 2.05) is 29.1 Å². The molecule has 1 saturated heterocycles. The van der Waals surface area contributed by atoms with Gasteiger partial charge in [0.1, 0.15) is 11.4 Å². The highest BCUT2D eigenvalue weighted by atomic mass is 16.5. The molecule has 2 heterocycles. The Bertz CT molecular complexity index is 803. The Morgan fingerprint density at radius 3 is 2.69 bits per heavy atom. The van der Waals surface area contributed by atoms with Gasteiger partial charge in [0.15, 0.2) is 0 Å². The molecule has 1 unspecified atom stereocenters. The van der Waals surface area contributed by atoms with Gasteiger partial charge in [0.25, 0.3) is 5.91 Å². The van der Waals surface area contributed by atoms with Gasteiger partial charge in [0.05, 0.1) is 13.2 Å². The van der Waals surface area contributed by atoms with E-state index in [4.69, 9.17) is 4.74 Å². The summed E-state index contributed by atoms with van der Waals surface area (Å²) in [4.78, 5) is 12.8. The average molecular weight is 397 g/mol. The molecule has 1 saturated carbocycles. The van der Waals surface area contributed by atoms with Crippen LogP contribution in [0, 0.1) is 0 Å². The summed E-state index contributed by atoms with van der Waals surface area (Å²) >= 11 is 0.